The third-order valence-corrected chi connectivity index (χ3v) is 5.88. The monoisotopic (exact) mass is 394 g/mol. The molecule has 7 heteroatoms. The Morgan fingerprint density at radius 2 is 1.50 bits per heavy atom. The first kappa shape index (κ1) is 17.5. The molecule has 0 radical (unpaired) electrons. The van der Waals surface area contributed by atoms with E-state index in [2.05, 4.69) is 36.8 Å². The summed E-state index contributed by atoms with van der Waals surface area (Å²) < 4.78 is 0. The van der Waals surface area contributed by atoms with Crippen LogP contribution in [0.2, 0.25) is 5.02 Å². The molecule has 2 aliphatic heterocycles. The minimum absolute atomic E-state index is 0.719. The Kier molecular flexibility index (Phi) is 4.64. The number of aromatic nitrogens is 3. The molecule has 2 aromatic heterocycles. The van der Waals surface area contributed by atoms with Gasteiger partial charge >= 0.3 is 0 Å². The Labute approximate surface area is 169 Å². The number of hydrogen-bond acceptors (Lipinski definition) is 6. The van der Waals surface area contributed by atoms with Crippen molar-refractivity contribution in [3.05, 3.63) is 47.7 Å². The van der Waals surface area contributed by atoms with Crippen LogP contribution in [0.1, 0.15) is 12.8 Å². The first-order valence-electron chi connectivity index (χ1n) is 9.90. The zero-order chi connectivity index (χ0) is 18.9. The molecule has 2 aliphatic rings. The van der Waals surface area contributed by atoms with Gasteiger partial charge in [-0.3, -0.25) is 4.98 Å². The average molecular weight is 395 g/mol. The van der Waals surface area contributed by atoms with Crippen LogP contribution in [0.15, 0.2) is 42.7 Å². The van der Waals surface area contributed by atoms with Crippen molar-refractivity contribution in [3.63, 3.8) is 0 Å². The molecule has 2 saturated heterocycles. The topological polar surface area (TPSA) is 48.4 Å². The molecule has 0 N–H and O–H groups in total. The zero-order valence-corrected chi connectivity index (χ0v) is 16.5. The first-order valence-corrected chi connectivity index (χ1v) is 10.3. The van der Waals surface area contributed by atoms with E-state index in [0.717, 1.165) is 67.0 Å². The van der Waals surface area contributed by atoms with E-state index in [4.69, 9.17) is 16.6 Å². The third-order valence-electron chi connectivity index (χ3n) is 5.64. The largest absolute Gasteiger partial charge is 0.367 e. The lowest BCUT2D eigenvalue weighted by atomic mass is 10.1. The molecule has 4 heterocycles. The average Bonchev–Trinajstić information content (AvgIpc) is 3.28. The van der Waals surface area contributed by atoms with Crippen molar-refractivity contribution in [1.29, 1.82) is 0 Å². The second-order valence-corrected chi connectivity index (χ2v) is 7.81. The summed E-state index contributed by atoms with van der Waals surface area (Å²) in [5.74, 6) is 1.90. The van der Waals surface area contributed by atoms with Gasteiger partial charge in [-0.2, -0.15) is 4.98 Å². The van der Waals surface area contributed by atoms with Crippen LogP contribution in [0.25, 0.3) is 10.9 Å². The minimum atomic E-state index is 0.719. The van der Waals surface area contributed by atoms with Gasteiger partial charge < -0.3 is 14.7 Å². The standard InChI is InChI=1S/C21H23ClN6/c22-16-3-4-17-18(15-16)23-7-5-19(17)26-11-13-28(14-12-26)21-24-8-6-20(25-21)27-9-1-2-10-27/h3-8,15H,1-2,9-14H2. The second kappa shape index (κ2) is 7.43. The van der Waals surface area contributed by atoms with Gasteiger partial charge in [0, 0.05) is 67.8 Å². The minimum Gasteiger partial charge on any atom is -0.367 e. The molecule has 0 amide bonds. The van der Waals surface area contributed by atoms with Gasteiger partial charge in [0.1, 0.15) is 5.82 Å². The normalized spacial score (nSPS) is 17.5. The van der Waals surface area contributed by atoms with Crippen LogP contribution in [0.5, 0.6) is 0 Å². The number of halogens is 1. The fourth-order valence-corrected chi connectivity index (χ4v) is 4.31. The molecule has 0 unspecified atom stereocenters. The molecular formula is C21H23ClN6. The Bertz CT molecular complexity index is 980. The molecule has 0 bridgehead atoms. The van der Waals surface area contributed by atoms with E-state index in [1.807, 2.05) is 30.6 Å². The van der Waals surface area contributed by atoms with Gasteiger partial charge in [-0.25, -0.2) is 4.98 Å². The van der Waals surface area contributed by atoms with Gasteiger partial charge in [0.25, 0.3) is 0 Å². The van der Waals surface area contributed by atoms with Crippen molar-refractivity contribution >= 4 is 40.0 Å². The molecule has 0 atom stereocenters. The molecule has 144 valence electrons. The van der Waals surface area contributed by atoms with E-state index in [0.29, 0.717) is 0 Å². The van der Waals surface area contributed by atoms with Crippen molar-refractivity contribution in [2.75, 3.05) is 54.0 Å². The van der Waals surface area contributed by atoms with E-state index >= 15 is 0 Å². The van der Waals surface area contributed by atoms with E-state index in [9.17, 15) is 0 Å². The van der Waals surface area contributed by atoms with Gasteiger partial charge in [-0.15, -0.1) is 0 Å². The molecular weight excluding hydrogens is 372 g/mol. The number of piperazine rings is 1. The summed E-state index contributed by atoms with van der Waals surface area (Å²) in [7, 11) is 0. The Morgan fingerprint density at radius 1 is 0.750 bits per heavy atom. The molecule has 2 fully saturated rings. The summed E-state index contributed by atoms with van der Waals surface area (Å²) in [6.07, 6.45) is 6.26. The summed E-state index contributed by atoms with van der Waals surface area (Å²) >= 11 is 6.13. The molecule has 28 heavy (non-hydrogen) atoms. The van der Waals surface area contributed by atoms with Gasteiger partial charge in [0.2, 0.25) is 5.95 Å². The number of pyridine rings is 1. The van der Waals surface area contributed by atoms with E-state index < -0.39 is 0 Å². The molecule has 1 aromatic carbocycles. The summed E-state index contributed by atoms with van der Waals surface area (Å²) in [5.41, 5.74) is 2.15. The van der Waals surface area contributed by atoms with Gasteiger partial charge in [0.15, 0.2) is 0 Å². The molecule has 3 aromatic rings. The highest BCUT2D eigenvalue weighted by molar-refractivity contribution is 6.31. The molecule has 0 aliphatic carbocycles. The summed E-state index contributed by atoms with van der Waals surface area (Å²) in [4.78, 5) is 20.9. The second-order valence-electron chi connectivity index (χ2n) is 7.37. The van der Waals surface area contributed by atoms with E-state index in [1.54, 1.807) is 0 Å². The molecule has 5 rings (SSSR count). The highest BCUT2D eigenvalue weighted by atomic mass is 35.5. The fraction of sp³-hybridized carbons (Fsp3) is 0.381. The summed E-state index contributed by atoms with van der Waals surface area (Å²) in [6.45, 7) is 5.87. The van der Waals surface area contributed by atoms with Crippen LogP contribution in [0, 0.1) is 0 Å². The molecule has 6 nitrogen and oxygen atoms in total. The quantitative estimate of drug-likeness (QED) is 0.676. The van der Waals surface area contributed by atoms with Crippen LogP contribution >= 0.6 is 11.6 Å². The molecule has 0 saturated carbocycles. The first-order chi connectivity index (χ1) is 13.8. The zero-order valence-electron chi connectivity index (χ0n) is 15.8. The highest BCUT2D eigenvalue weighted by Crippen LogP contribution is 2.29. The number of hydrogen-bond donors (Lipinski definition) is 0. The number of nitrogens with zero attached hydrogens (tertiary/aromatic N) is 6. The number of anilines is 3. The fourth-order valence-electron chi connectivity index (χ4n) is 4.14. The SMILES string of the molecule is Clc1ccc2c(N3CCN(c4nccc(N5CCCC5)n4)CC3)ccnc2c1. The van der Waals surface area contributed by atoms with Crippen molar-refractivity contribution in [2.45, 2.75) is 12.8 Å². The summed E-state index contributed by atoms with van der Waals surface area (Å²) in [6, 6.07) is 10.0. The van der Waals surface area contributed by atoms with Crippen molar-refractivity contribution in [2.24, 2.45) is 0 Å². The van der Waals surface area contributed by atoms with E-state index in [-0.39, 0.29) is 0 Å². The Balaban J connectivity index is 1.32. The van der Waals surface area contributed by atoms with Crippen LogP contribution in [0.4, 0.5) is 17.5 Å². The maximum atomic E-state index is 6.13. The van der Waals surface area contributed by atoms with Crippen LogP contribution < -0.4 is 14.7 Å². The van der Waals surface area contributed by atoms with Crippen LogP contribution in [-0.2, 0) is 0 Å². The Morgan fingerprint density at radius 3 is 2.32 bits per heavy atom. The predicted octanol–water partition coefficient (Wildman–Crippen LogP) is 3.61. The van der Waals surface area contributed by atoms with Crippen molar-refractivity contribution in [1.82, 2.24) is 15.0 Å². The maximum Gasteiger partial charge on any atom is 0.227 e. The van der Waals surface area contributed by atoms with Gasteiger partial charge in [0.05, 0.1) is 5.52 Å². The molecule has 0 spiro atoms. The van der Waals surface area contributed by atoms with Gasteiger partial charge in [-0.1, -0.05) is 11.6 Å². The third kappa shape index (κ3) is 3.33. The Hall–Kier alpha value is -2.60. The number of benzene rings is 1. The van der Waals surface area contributed by atoms with Gasteiger partial charge in [-0.05, 0) is 43.2 Å². The smallest absolute Gasteiger partial charge is 0.227 e. The van der Waals surface area contributed by atoms with Crippen LogP contribution in [0.3, 0.4) is 0 Å². The lowest BCUT2D eigenvalue weighted by Gasteiger charge is -2.36. The van der Waals surface area contributed by atoms with Crippen LogP contribution in [-0.4, -0.2) is 54.2 Å². The maximum absolute atomic E-state index is 6.13. The van der Waals surface area contributed by atoms with E-state index in [1.165, 1.54) is 18.5 Å². The lowest BCUT2D eigenvalue weighted by molar-refractivity contribution is 0.640. The lowest BCUT2D eigenvalue weighted by Crippen LogP contribution is -2.47. The predicted molar refractivity (Wildman–Crippen MR) is 115 cm³/mol. The number of rotatable bonds is 3. The number of fused-ring (bicyclic) bond motifs is 1. The summed E-state index contributed by atoms with van der Waals surface area (Å²) in [5, 5.41) is 1.87. The van der Waals surface area contributed by atoms with Crippen molar-refractivity contribution in [3.8, 4) is 0 Å². The highest BCUT2D eigenvalue weighted by Gasteiger charge is 2.22. The van der Waals surface area contributed by atoms with Crippen molar-refractivity contribution < 1.29 is 0 Å².